The van der Waals surface area contributed by atoms with Crippen LogP contribution in [0, 0.1) is 20.8 Å². The van der Waals surface area contributed by atoms with E-state index in [0.717, 1.165) is 22.4 Å². The lowest BCUT2D eigenvalue weighted by molar-refractivity contribution is -0.127. The maximum atomic E-state index is 11.8. The minimum atomic E-state index is -0.284. The van der Waals surface area contributed by atoms with Crippen LogP contribution in [-0.2, 0) is 9.59 Å². The molecule has 0 unspecified atom stereocenters. The van der Waals surface area contributed by atoms with E-state index in [-0.39, 0.29) is 24.3 Å². The van der Waals surface area contributed by atoms with Gasteiger partial charge in [-0.2, -0.15) is 0 Å². The Bertz CT molecular complexity index is 470. The summed E-state index contributed by atoms with van der Waals surface area (Å²) in [5, 5.41) is 5.51. The maximum absolute atomic E-state index is 11.8. The van der Waals surface area contributed by atoms with E-state index < -0.39 is 0 Å². The lowest BCUT2D eigenvalue weighted by Crippen LogP contribution is -2.33. The standard InChI is InChI=1S/C15H22N2O2/c1-9(2)16-13(18)8-14(19)17-15-11(4)6-10(3)7-12(15)5/h6-7,9H,8H2,1-5H3,(H,16,18)(H,17,19). The maximum Gasteiger partial charge on any atom is 0.233 e. The molecule has 104 valence electrons. The minimum Gasteiger partial charge on any atom is -0.353 e. The Balaban J connectivity index is 2.70. The number of carbonyl (C=O) groups excluding carboxylic acids is 2. The van der Waals surface area contributed by atoms with Gasteiger partial charge in [0.2, 0.25) is 11.8 Å². The van der Waals surface area contributed by atoms with Crippen LogP contribution in [-0.4, -0.2) is 17.9 Å². The molecule has 0 bridgehead atoms. The molecule has 0 aliphatic heterocycles. The van der Waals surface area contributed by atoms with Gasteiger partial charge >= 0.3 is 0 Å². The van der Waals surface area contributed by atoms with Crippen LogP contribution in [0.1, 0.15) is 37.0 Å². The predicted octanol–water partition coefficient (Wildman–Crippen LogP) is 2.47. The number of carbonyl (C=O) groups is 2. The van der Waals surface area contributed by atoms with E-state index in [2.05, 4.69) is 10.6 Å². The quantitative estimate of drug-likeness (QED) is 0.819. The van der Waals surface area contributed by atoms with E-state index >= 15 is 0 Å². The van der Waals surface area contributed by atoms with Crippen LogP contribution in [0.25, 0.3) is 0 Å². The first-order valence-corrected chi connectivity index (χ1v) is 6.46. The topological polar surface area (TPSA) is 58.2 Å². The molecule has 19 heavy (non-hydrogen) atoms. The van der Waals surface area contributed by atoms with E-state index in [9.17, 15) is 9.59 Å². The second-order valence-electron chi connectivity index (χ2n) is 5.22. The van der Waals surface area contributed by atoms with Crippen LogP contribution in [0.5, 0.6) is 0 Å². The molecule has 2 N–H and O–H groups in total. The number of anilines is 1. The summed E-state index contributed by atoms with van der Waals surface area (Å²) in [5.74, 6) is -0.539. The SMILES string of the molecule is Cc1cc(C)c(NC(=O)CC(=O)NC(C)C)c(C)c1. The van der Waals surface area contributed by atoms with Gasteiger partial charge in [0.1, 0.15) is 6.42 Å². The van der Waals surface area contributed by atoms with Crippen LogP contribution in [0.2, 0.25) is 0 Å². The Morgan fingerprint density at radius 1 is 1.05 bits per heavy atom. The summed E-state index contributed by atoms with van der Waals surface area (Å²) in [5.41, 5.74) is 3.98. The van der Waals surface area contributed by atoms with Gasteiger partial charge in [0.15, 0.2) is 0 Å². The lowest BCUT2D eigenvalue weighted by atomic mass is 10.0. The third-order valence-electron chi connectivity index (χ3n) is 2.71. The fourth-order valence-corrected chi connectivity index (χ4v) is 2.08. The van der Waals surface area contributed by atoms with E-state index in [1.54, 1.807) is 0 Å². The average molecular weight is 262 g/mol. The van der Waals surface area contributed by atoms with Crippen LogP contribution >= 0.6 is 0 Å². The fourth-order valence-electron chi connectivity index (χ4n) is 2.08. The summed E-state index contributed by atoms with van der Waals surface area (Å²) in [4.78, 5) is 23.3. The van der Waals surface area contributed by atoms with E-state index in [1.807, 2.05) is 46.8 Å². The third-order valence-corrected chi connectivity index (χ3v) is 2.71. The van der Waals surface area contributed by atoms with Crippen molar-refractivity contribution in [1.29, 1.82) is 0 Å². The molecule has 0 spiro atoms. The molecule has 0 atom stereocenters. The summed E-state index contributed by atoms with van der Waals surface area (Å²) in [6.07, 6.45) is -0.148. The molecule has 0 saturated carbocycles. The van der Waals surface area contributed by atoms with Gasteiger partial charge in [0, 0.05) is 11.7 Å². The van der Waals surface area contributed by atoms with Crippen molar-refractivity contribution in [2.45, 2.75) is 47.1 Å². The number of amides is 2. The van der Waals surface area contributed by atoms with E-state index in [1.165, 1.54) is 0 Å². The fraction of sp³-hybridized carbons (Fsp3) is 0.467. The van der Waals surface area contributed by atoms with Crippen molar-refractivity contribution in [1.82, 2.24) is 5.32 Å². The Kier molecular flexibility index (Phi) is 5.10. The third kappa shape index (κ3) is 4.73. The Labute approximate surface area is 114 Å². The van der Waals surface area contributed by atoms with Gasteiger partial charge in [-0.25, -0.2) is 0 Å². The largest absolute Gasteiger partial charge is 0.353 e. The normalized spacial score (nSPS) is 10.4. The first-order valence-electron chi connectivity index (χ1n) is 6.46. The molecular weight excluding hydrogens is 240 g/mol. The molecule has 4 nitrogen and oxygen atoms in total. The molecule has 1 aromatic rings. The zero-order valence-corrected chi connectivity index (χ0v) is 12.3. The van der Waals surface area contributed by atoms with Gasteiger partial charge in [0.25, 0.3) is 0 Å². The lowest BCUT2D eigenvalue weighted by Gasteiger charge is -2.13. The highest BCUT2D eigenvalue weighted by atomic mass is 16.2. The summed E-state index contributed by atoms with van der Waals surface area (Å²) in [6.45, 7) is 9.64. The highest BCUT2D eigenvalue weighted by Crippen LogP contribution is 2.21. The van der Waals surface area contributed by atoms with Crippen LogP contribution in [0.4, 0.5) is 5.69 Å². The van der Waals surface area contributed by atoms with Crippen LogP contribution in [0.3, 0.4) is 0 Å². The molecule has 0 radical (unpaired) electrons. The summed E-state index contributed by atoms with van der Waals surface area (Å²) < 4.78 is 0. The Hall–Kier alpha value is -1.84. The first kappa shape index (κ1) is 15.2. The molecule has 0 heterocycles. The van der Waals surface area contributed by atoms with Gasteiger partial charge in [-0.05, 0) is 45.7 Å². The molecule has 2 amide bonds. The summed E-state index contributed by atoms with van der Waals surface area (Å²) >= 11 is 0. The molecule has 4 heteroatoms. The average Bonchev–Trinajstić information content (AvgIpc) is 2.21. The van der Waals surface area contributed by atoms with Crippen molar-refractivity contribution in [2.24, 2.45) is 0 Å². The highest BCUT2D eigenvalue weighted by molar-refractivity contribution is 6.04. The predicted molar refractivity (Wildman–Crippen MR) is 77.2 cm³/mol. The van der Waals surface area contributed by atoms with Crippen LogP contribution in [0.15, 0.2) is 12.1 Å². The Morgan fingerprint density at radius 2 is 1.58 bits per heavy atom. The van der Waals surface area contributed by atoms with E-state index in [0.29, 0.717) is 0 Å². The number of hydrogen-bond acceptors (Lipinski definition) is 2. The molecule has 0 saturated heterocycles. The van der Waals surface area contributed by atoms with Gasteiger partial charge in [-0.15, -0.1) is 0 Å². The molecule has 0 aromatic heterocycles. The monoisotopic (exact) mass is 262 g/mol. The van der Waals surface area contributed by atoms with Gasteiger partial charge in [-0.3, -0.25) is 9.59 Å². The summed E-state index contributed by atoms with van der Waals surface area (Å²) in [7, 11) is 0. The summed E-state index contributed by atoms with van der Waals surface area (Å²) in [6, 6.07) is 4.07. The number of aryl methyl sites for hydroxylation is 3. The second kappa shape index (κ2) is 6.36. The van der Waals surface area contributed by atoms with Crippen molar-refractivity contribution >= 4 is 17.5 Å². The van der Waals surface area contributed by atoms with Crippen molar-refractivity contribution in [2.75, 3.05) is 5.32 Å². The van der Waals surface area contributed by atoms with Gasteiger partial charge in [-0.1, -0.05) is 17.7 Å². The first-order chi connectivity index (χ1) is 8.79. The van der Waals surface area contributed by atoms with Gasteiger partial charge in [0.05, 0.1) is 0 Å². The molecular formula is C15H22N2O2. The number of hydrogen-bond donors (Lipinski definition) is 2. The molecule has 0 aliphatic carbocycles. The molecule has 1 rings (SSSR count). The van der Waals surface area contributed by atoms with Crippen molar-refractivity contribution in [3.05, 3.63) is 28.8 Å². The number of benzene rings is 1. The smallest absolute Gasteiger partial charge is 0.233 e. The van der Waals surface area contributed by atoms with Crippen molar-refractivity contribution < 1.29 is 9.59 Å². The highest BCUT2D eigenvalue weighted by Gasteiger charge is 2.12. The molecule has 1 aromatic carbocycles. The number of rotatable bonds is 4. The minimum absolute atomic E-state index is 0.0446. The zero-order chi connectivity index (χ0) is 14.6. The Morgan fingerprint density at radius 3 is 2.05 bits per heavy atom. The van der Waals surface area contributed by atoms with Gasteiger partial charge < -0.3 is 10.6 Å². The zero-order valence-electron chi connectivity index (χ0n) is 12.3. The van der Waals surface area contributed by atoms with Crippen molar-refractivity contribution in [3.63, 3.8) is 0 Å². The molecule has 0 aliphatic rings. The second-order valence-corrected chi connectivity index (χ2v) is 5.22. The van der Waals surface area contributed by atoms with Crippen LogP contribution < -0.4 is 10.6 Å². The molecule has 0 fully saturated rings. The van der Waals surface area contributed by atoms with E-state index in [4.69, 9.17) is 0 Å². The van der Waals surface area contributed by atoms with Crippen molar-refractivity contribution in [3.8, 4) is 0 Å². The number of nitrogens with one attached hydrogen (secondary N) is 2.